The summed E-state index contributed by atoms with van der Waals surface area (Å²) in [5.74, 6) is -2.02. The van der Waals surface area contributed by atoms with Crippen molar-refractivity contribution < 1.29 is 32.3 Å². The highest BCUT2D eigenvalue weighted by Gasteiger charge is 2.49. The number of rotatable bonds is 7. The maximum atomic E-state index is 13.9. The van der Waals surface area contributed by atoms with Gasteiger partial charge >= 0.3 is 12.1 Å². The normalized spacial score (nSPS) is 28.9. The predicted molar refractivity (Wildman–Crippen MR) is 143 cm³/mol. The third-order valence-corrected chi connectivity index (χ3v) is 10.4. The van der Waals surface area contributed by atoms with Crippen LogP contribution in [0.4, 0.5) is 18.3 Å². The number of fused-ring (bicyclic) bond motifs is 3. The van der Waals surface area contributed by atoms with Gasteiger partial charge in [0.25, 0.3) is 0 Å². The number of ether oxygens (including phenoxy) is 1. The molecule has 0 radical (unpaired) electrons. The largest absolute Gasteiger partial charge is 0.478 e. The molecule has 4 fully saturated rings. The van der Waals surface area contributed by atoms with Crippen molar-refractivity contribution in [1.29, 1.82) is 0 Å². The summed E-state index contributed by atoms with van der Waals surface area (Å²) in [6, 6.07) is 5.56. The van der Waals surface area contributed by atoms with E-state index in [-0.39, 0.29) is 42.7 Å². The van der Waals surface area contributed by atoms with Gasteiger partial charge in [0.05, 0.1) is 40.1 Å². The Balaban J connectivity index is 1.08. The second-order valence-electron chi connectivity index (χ2n) is 11.9. The van der Waals surface area contributed by atoms with Gasteiger partial charge in [-0.25, -0.2) is 9.78 Å². The Bertz CT molecular complexity index is 1400. The molecule has 7 nitrogen and oxygen atoms in total. The first-order valence-electron chi connectivity index (χ1n) is 14.3. The number of carboxylic acid groups (broad SMARTS) is 1. The molecule has 4 heterocycles. The number of thiazole rings is 1. The lowest BCUT2D eigenvalue weighted by Crippen LogP contribution is -2.45. The van der Waals surface area contributed by atoms with E-state index >= 15 is 0 Å². The number of hydrogen-bond donors (Lipinski definition) is 1. The predicted octanol–water partition coefficient (Wildman–Crippen LogP) is 7.41. The van der Waals surface area contributed by atoms with Crippen LogP contribution in [-0.4, -0.2) is 45.6 Å². The minimum absolute atomic E-state index is 0.00122. The molecule has 11 heteroatoms. The first kappa shape index (κ1) is 26.3. The van der Waals surface area contributed by atoms with Gasteiger partial charge in [0.2, 0.25) is 0 Å². The van der Waals surface area contributed by atoms with Crippen LogP contribution in [-0.2, 0) is 11.3 Å². The average molecular weight is 576 g/mol. The van der Waals surface area contributed by atoms with E-state index in [0.717, 1.165) is 71.6 Å². The van der Waals surface area contributed by atoms with E-state index < -0.39 is 24.0 Å². The molecule has 4 aliphatic rings. The van der Waals surface area contributed by atoms with E-state index in [1.165, 1.54) is 11.3 Å². The van der Waals surface area contributed by atoms with Crippen molar-refractivity contribution in [3.8, 4) is 0 Å². The number of carboxylic acids is 1. The van der Waals surface area contributed by atoms with E-state index in [2.05, 4.69) is 10.1 Å². The average Bonchev–Trinajstić information content (AvgIpc) is 3.44. The van der Waals surface area contributed by atoms with Crippen LogP contribution < -0.4 is 4.90 Å². The molecule has 2 aliphatic heterocycles. The highest BCUT2D eigenvalue weighted by Crippen LogP contribution is 2.50. The number of piperidine rings is 1. The molecule has 1 unspecified atom stereocenters. The molecule has 2 saturated heterocycles. The van der Waals surface area contributed by atoms with Crippen molar-refractivity contribution in [3.05, 3.63) is 40.8 Å². The number of anilines is 1. The van der Waals surface area contributed by atoms with Gasteiger partial charge in [0.15, 0.2) is 5.13 Å². The van der Waals surface area contributed by atoms with Crippen molar-refractivity contribution in [2.75, 3.05) is 4.90 Å². The highest BCUT2D eigenvalue weighted by atomic mass is 32.1. The Morgan fingerprint density at radius 3 is 2.55 bits per heavy atom. The lowest BCUT2D eigenvalue weighted by molar-refractivity contribution is -0.187. The van der Waals surface area contributed by atoms with Crippen molar-refractivity contribution >= 4 is 32.7 Å². The molecule has 2 saturated carbocycles. The molecular formula is C29H32F3N3O4S. The maximum Gasteiger partial charge on any atom is 0.392 e. The number of alkyl halides is 3. The number of aromatic nitrogens is 2. The fourth-order valence-corrected chi connectivity index (χ4v) is 8.37. The number of halogens is 3. The van der Waals surface area contributed by atoms with Crippen LogP contribution >= 0.6 is 11.3 Å². The highest BCUT2D eigenvalue weighted by molar-refractivity contribution is 7.22. The summed E-state index contributed by atoms with van der Waals surface area (Å²) in [7, 11) is 0. The summed E-state index contributed by atoms with van der Waals surface area (Å²) in [5, 5.41) is 14.5. The van der Waals surface area contributed by atoms with Crippen LogP contribution in [0, 0.1) is 5.92 Å². The second-order valence-corrected chi connectivity index (χ2v) is 12.9. The summed E-state index contributed by atoms with van der Waals surface area (Å²) >= 11 is 1.53. The third kappa shape index (κ3) is 4.78. The van der Waals surface area contributed by atoms with Crippen LogP contribution in [0.1, 0.15) is 103 Å². The summed E-state index contributed by atoms with van der Waals surface area (Å²) in [5.41, 5.74) is 2.29. The number of hydrogen-bond acceptors (Lipinski definition) is 7. The van der Waals surface area contributed by atoms with E-state index in [9.17, 15) is 23.1 Å². The van der Waals surface area contributed by atoms with Crippen molar-refractivity contribution in [2.45, 2.75) is 107 Å². The minimum atomic E-state index is -4.25. The molecule has 40 heavy (non-hydrogen) atoms. The lowest BCUT2D eigenvalue weighted by atomic mass is 9.76. The quantitative estimate of drug-likeness (QED) is 0.314. The fraction of sp³-hybridized carbons (Fsp3) is 0.621. The zero-order chi connectivity index (χ0) is 27.6. The SMILES string of the molecule is O=C(O)c1ccc2nc(N3[C@@H]4CC[C@H]3CC(OCc3c([C@H]5CCCC[C@@H]5C(F)(F)F)noc3C3CC3)C4)sc2c1. The van der Waals surface area contributed by atoms with Crippen LogP contribution in [0.25, 0.3) is 10.2 Å². The van der Waals surface area contributed by atoms with Crippen molar-refractivity contribution in [3.63, 3.8) is 0 Å². The smallest absolute Gasteiger partial charge is 0.392 e. The first-order valence-corrected chi connectivity index (χ1v) is 15.2. The Morgan fingerprint density at radius 2 is 1.85 bits per heavy atom. The van der Waals surface area contributed by atoms with Gasteiger partial charge in [-0.05, 0) is 69.6 Å². The lowest BCUT2D eigenvalue weighted by Gasteiger charge is -2.38. The Morgan fingerprint density at radius 1 is 1.10 bits per heavy atom. The molecule has 2 aromatic heterocycles. The summed E-state index contributed by atoms with van der Waals surface area (Å²) < 4.78 is 54.8. The minimum Gasteiger partial charge on any atom is -0.478 e. The van der Waals surface area contributed by atoms with E-state index in [1.807, 2.05) is 0 Å². The number of nitrogens with zero attached hydrogens (tertiary/aromatic N) is 3. The molecule has 7 rings (SSSR count). The van der Waals surface area contributed by atoms with Crippen LogP contribution in [0.15, 0.2) is 22.7 Å². The molecule has 0 amide bonds. The Hall–Kier alpha value is -2.66. The number of benzene rings is 1. The molecule has 1 aromatic carbocycles. The zero-order valence-corrected chi connectivity index (χ0v) is 22.8. The second kappa shape index (κ2) is 10.0. The topological polar surface area (TPSA) is 88.7 Å². The van der Waals surface area contributed by atoms with Crippen molar-refractivity contribution in [1.82, 2.24) is 10.1 Å². The van der Waals surface area contributed by atoms with Crippen LogP contribution in [0.5, 0.6) is 0 Å². The van der Waals surface area contributed by atoms with Gasteiger partial charge in [-0.2, -0.15) is 13.2 Å². The maximum absolute atomic E-state index is 13.9. The molecular weight excluding hydrogens is 543 g/mol. The van der Waals surface area contributed by atoms with Gasteiger partial charge in [0.1, 0.15) is 5.76 Å². The summed E-state index contributed by atoms with van der Waals surface area (Å²) in [4.78, 5) is 18.6. The van der Waals surface area contributed by atoms with E-state index in [4.69, 9.17) is 14.2 Å². The van der Waals surface area contributed by atoms with Gasteiger partial charge in [-0.1, -0.05) is 29.3 Å². The standard InChI is InChI=1S/C29H32F3N3O4S/c30-29(31,32)22-4-2-1-3-20(22)25-21(26(39-34-25)15-5-6-15)14-38-19-12-17-8-9-18(13-19)35(17)28-33-23-10-7-16(27(36)37)11-24(23)40-28/h7,10-11,15,17-20,22H,1-6,8-9,12-14H2,(H,36,37)/t17-,18+,19?,20-,22-/m0/s1. The Labute approximate surface area is 233 Å². The molecule has 1 N–H and O–H groups in total. The fourth-order valence-electron chi connectivity index (χ4n) is 7.22. The van der Waals surface area contributed by atoms with Gasteiger partial charge in [-0.15, -0.1) is 0 Å². The molecule has 3 aromatic rings. The molecule has 214 valence electrons. The van der Waals surface area contributed by atoms with Crippen LogP contribution in [0.2, 0.25) is 0 Å². The summed E-state index contributed by atoms with van der Waals surface area (Å²) in [6.07, 6.45) is 3.40. The number of aromatic carboxylic acids is 1. The molecule has 2 bridgehead atoms. The van der Waals surface area contributed by atoms with Crippen LogP contribution in [0.3, 0.4) is 0 Å². The Kier molecular flexibility index (Phi) is 6.57. The molecule has 5 atom stereocenters. The van der Waals surface area contributed by atoms with Crippen molar-refractivity contribution in [2.24, 2.45) is 5.92 Å². The number of carbonyl (C=O) groups is 1. The monoisotopic (exact) mass is 575 g/mol. The molecule has 0 spiro atoms. The van der Waals surface area contributed by atoms with E-state index in [1.54, 1.807) is 18.2 Å². The van der Waals surface area contributed by atoms with Gasteiger partial charge in [-0.3, -0.25) is 0 Å². The van der Waals surface area contributed by atoms with Gasteiger partial charge < -0.3 is 19.3 Å². The van der Waals surface area contributed by atoms with E-state index in [0.29, 0.717) is 18.5 Å². The zero-order valence-electron chi connectivity index (χ0n) is 22.0. The molecule has 2 aliphatic carbocycles. The van der Waals surface area contributed by atoms with Gasteiger partial charge in [0, 0.05) is 29.5 Å². The summed E-state index contributed by atoms with van der Waals surface area (Å²) in [6.45, 7) is 0.245. The first-order chi connectivity index (χ1) is 19.3. The third-order valence-electron chi connectivity index (χ3n) is 9.33.